The van der Waals surface area contributed by atoms with Crippen molar-refractivity contribution in [2.24, 2.45) is 0 Å². The Kier molecular flexibility index (Phi) is 10.6. The molecule has 1 aliphatic carbocycles. The van der Waals surface area contributed by atoms with Crippen molar-refractivity contribution in [3.63, 3.8) is 0 Å². The van der Waals surface area contributed by atoms with Gasteiger partial charge in [-0.1, -0.05) is 91.2 Å². The number of anilines is 1. The molecule has 8 heteroatoms. The molecular formula is C33H41N3O4S. The average molecular weight is 576 g/mol. The maximum atomic E-state index is 13.9. The van der Waals surface area contributed by atoms with Gasteiger partial charge in [0.15, 0.2) is 0 Å². The molecule has 3 aromatic carbocycles. The minimum atomic E-state index is -3.54. The number of carbonyl (C=O) groups is 2. The van der Waals surface area contributed by atoms with Crippen molar-refractivity contribution in [2.45, 2.75) is 70.5 Å². The second kappa shape index (κ2) is 14.3. The summed E-state index contributed by atoms with van der Waals surface area (Å²) >= 11 is 0. The molecule has 0 aromatic heterocycles. The van der Waals surface area contributed by atoms with Gasteiger partial charge in [0.25, 0.3) is 0 Å². The van der Waals surface area contributed by atoms with E-state index in [1.54, 1.807) is 17.0 Å². The summed E-state index contributed by atoms with van der Waals surface area (Å²) in [6.07, 6.45) is 6.13. The zero-order valence-corrected chi connectivity index (χ0v) is 24.9. The number of aryl methyl sites for hydroxylation is 1. The molecule has 4 rings (SSSR count). The van der Waals surface area contributed by atoms with E-state index in [4.69, 9.17) is 0 Å². The summed E-state index contributed by atoms with van der Waals surface area (Å²) in [5.74, 6) is -0.309. The lowest BCUT2D eigenvalue weighted by molar-refractivity contribution is -0.141. The Hall–Kier alpha value is -3.65. The molecule has 7 nitrogen and oxygen atoms in total. The van der Waals surface area contributed by atoms with Crippen LogP contribution in [-0.4, -0.2) is 50.0 Å². The molecule has 0 heterocycles. The molecule has 1 atom stereocenters. The van der Waals surface area contributed by atoms with Crippen molar-refractivity contribution in [2.75, 3.05) is 17.1 Å². The molecule has 41 heavy (non-hydrogen) atoms. The quantitative estimate of drug-likeness (QED) is 0.302. The molecule has 2 amide bonds. The number of nitrogens with zero attached hydrogens (tertiary/aromatic N) is 2. The highest BCUT2D eigenvalue weighted by Gasteiger charge is 2.32. The predicted molar refractivity (Wildman–Crippen MR) is 164 cm³/mol. The molecule has 218 valence electrons. The Morgan fingerprint density at radius 3 is 2.05 bits per heavy atom. The van der Waals surface area contributed by atoms with Gasteiger partial charge in [0.2, 0.25) is 21.8 Å². The second-order valence-electron chi connectivity index (χ2n) is 11.0. The minimum Gasteiger partial charge on any atom is -0.352 e. The number of rotatable bonds is 13. The van der Waals surface area contributed by atoms with Gasteiger partial charge in [-0.15, -0.1) is 0 Å². The number of sulfonamides is 1. The Morgan fingerprint density at radius 2 is 1.46 bits per heavy atom. The average Bonchev–Trinajstić information content (AvgIpc) is 3.47. The van der Waals surface area contributed by atoms with E-state index < -0.39 is 16.1 Å². The third-order valence-corrected chi connectivity index (χ3v) is 8.84. The Morgan fingerprint density at radius 1 is 0.878 bits per heavy atom. The van der Waals surface area contributed by atoms with E-state index in [1.165, 1.54) is 10.6 Å². The molecule has 0 radical (unpaired) electrons. The first kappa shape index (κ1) is 30.3. The fourth-order valence-corrected chi connectivity index (χ4v) is 6.38. The molecule has 0 aliphatic heterocycles. The number of hydrogen-bond acceptors (Lipinski definition) is 4. The van der Waals surface area contributed by atoms with Crippen LogP contribution in [0.2, 0.25) is 0 Å². The van der Waals surface area contributed by atoms with Gasteiger partial charge in [0, 0.05) is 32.0 Å². The Labute approximate surface area is 244 Å². The first-order valence-corrected chi connectivity index (χ1v) is 16.3. The maximum Gasteiger partial charge on any atom is 0.243 e. The SMILES string of the molecule is Cc1ccc(N(CCCC(=O)N(Cc2ccccc2)[C@@H](Cc2ccccc2)C(=O)NC2CCCC2)S(C)(=O)=O)cc1. The van der Waals surface area contributed by atoms with Gasteiger partial charge < -0.3 is 10.2 Å². The number of carbonyl (C=O) groups excluding carboxylic acids is 2. The van der Waals surface area contributed by atoms with E-state index in [-0.39, 0.29) is 30.8 Å². The van der Waals surface area contributed by atoms with Crippen molar-refractivity contribution in [3.05, 3.63) is 102 Å². The van der Waals surface area contributed by atoms with Gasteiger partial charge in [0.05, 0.1) is 11.9 Å². The van der Waals surface area contributed by atoms with Crippen molar-refractivity contribution >= 4 is 27.5 Å². The van der Waals surface area contributed by atoms with Crippen LogP contribution in [0.4, 0.5) is 5.69 Å². The number of benzene rings is 3. The summed E-state index contributed by atoms with van der Waals surface area (Å²) in [4.78, 5) is 29.4. The van der Waals surface area contributed by atoms with E-state index in [1.807, 2.05) is 79.7 Å². The van der Waals surface area contributed by atoms with Crippen LogP contribution >= 0.6 is 0 Å². The standard InChI is InChI=1S/C33H41N3O4S/c1-26-19-21-30(22-20-26)36(41(2,39)40)23-11-18-32(37)35(25-28-14-7-4-8-15-28)31(24-27-12-5-3-6-13-27)33(38)34-29-16-9-10-17-29/h3-8,12-15,19-22,29,31H,9-11,16-18,23-25H2,1-2H3,(H,34,38)/t31-/m0/s1. The topological polar surface area (TPSA) is 86.8 Å². The highest BCUT2D eigenvalue weighted by Crippen LogP contribution is 2.22. The highest BCUT2D eigenvalue weighted by atomic mass is 32.2. The summed E-state index contributed by atoms with van der Waals surface area (Å²) in [5, 5.41) is 3.22. The lowest BCUT2D eigenvalue weighted by Crippen LogP contribution is -2.52. The molecule has 0 saturated heterocycles. The first-order valence-electron chi connectivity index (χ1n) is 14.4. The summed E-state index contributed by atoms with van der Waals surface area (Å²) < 4.78 is 26.6. The van der Waals surface area contributed by atoms with Crippen LogP contribution in [0.25, 0.3) is 0 Å². The summed E-state index contributed by atoms with van der Waals surface area (Å²) in [7, 11) is -3.54. The van der Waals surface area contributed by atoms with Crippen molar-refractivity contribution < 1.29 is 18.0 Å². The van der Waals surface area contributed by atoms with E-state index in [2.05, 4.69) is 5.32 Å². The molecule has 0 bridgehead atoms. The number of nitrogens with one attached hydrogen (secondary N) is 1. The van der Waals surface area contributed by atoms with Crippen LogP contribution in [0.5, 0.6) is 0 Å². The van der Waals surface area contributed by atoms with E-state index in [0.717, 1.165) is 42.4 Å². The second-order valence-corrected chi connectivity index (χ2v) is 12.9. The fourth-order valence-electron chi connectivity index (χ4n) is 5.42. The highest BCUT2D eigenvalue weighted by molar-refractivity contribution is 7.92. The lowest BCUT2D eigenvalue weighted by atomic mass is 10.0. The van der Waals surface area contributed by atoms with Crippen LogP contribution in [-0.2, 0) is 32.6 Å². The fraction of sp³-hybridized carbons (Fsp3) is 0.394. The molecule has 0 unspecified atom stereocenters. The van der Waals surface area contributed by atoms with Crippen LogP contribution in [0.1, 0.15) is 55.2 Å². The third kappa shape index (κ3) is 8.92. The van der Waals surface area contributed by atoms with Gasteiger partial charge in [-0.25, -0.2) is 8.42 Å². The summed E-state index contributed by atoms with van der Waals surface area (Å²) in [5.41, 5.74) is 3.52. The van der Waals surface area contributed by atoms with Crippen molar-refractivity contribution in [1.29, 1.82) is 0 Å². The molecule has 1 saturated carbocycles. The van der Waals surface area contributed by atoms with Gasteiger partial charge in [-0.05, 0) is 49.4 Å². The van der Waals surface area contributed by atoms with Crippen LogP contribution in [0.3, 0.4) is 0 Å². The number of amides is 2. The summed E-state index contributed by atoms with van der Waals surface area (Å²) in [6.45, 7) is 2.41. The van der Waals surface area contributed by atoms with E-state index in [9.17, 15) is 18.0 Å². The van der Waals surface area contributed by atoms with Crippen LogP contribution < -0.4 is 9.62 Å². The first-order chi connectivity index (χ1) is 19.7. The normalized spacial score (nSPS) is 14.4. The number of hydrogen-bond donors (Lipinski definition) is 1. The van der Waals surface area contributed by atoms with Crippen LogP contribution in [0, 0.1) is 6.92 Å². The largest absolute Gasteiger partial charge is 0.352 e. The minimum absolute atomic E-state index is 0.118. The van der Waals surface area contributed by atoms with Crippen LogP contribution in [0.15, 0.2) is 84.9 Å². The molecule has 1 aliphatic rings. The molecule has 1 N–H and O–H groups in total. The Balaban J connectivity index is 1.56. The molecular weight excluding hydrogens is 534 g/mol. The monoisotopic (exact) mass is 575 g/mol. The van der Waals surface area contributed by atoms with Gasteiger partial charge in [-0.2, -0.15) is 0 Å². The van der Waals surface area contributed by atoms with E-state index in [0.29, 0.717) is 25.1 Å². The van der Waals surface area contributed by atoms with Crippen molar-refractivity contribution in [3.8, 4) is 0 Å². The molecule has 0 spiro atoms. The third-order valence-electron chi connectivity index (χ3n) is 7.64. The van der Waals surface area contributed by atoms with Gasteiger partial charge in [-0.3, -0.25) is 13.9 Å². The maximum absolute atomic E-state index is 13.9. The van der Waals surface area contributed by atoms with Crippen molar-refractivity contribution in [1.82, 2.24) is 10.2 Å². The predicted octanol–water partition coefficient (Wildman–Crippen LogP) is 5.24. The summed E-state index contributed by atoms with van der Waals surface area (Å²) in [6, 6.07) is 26.2. The smallest absolute Gasteiger partial charge is 0.243 e. The lowest BCUT2D eigenvalue weighted by Gasteiger charge is -2.33. The molecule has 3 aromatic rings. The van der Waals surface area contributed by atoms with Gasteiger partial charge >= 0.3 is 0 Å². The zero-order chi connectivity index (χ0) is 29.2. The zero-order valence-electron chi connectivity index (χ0n) is 24.0. The van der Waals surface area contributed by atoms with E-state index >= 15 is 0 Å². The molecule has 1 fully saturated rings. The van der Waals surface area contributed by atoms with Gasteiger partial charge in [0.1, 0.15) is 6.04 Å². The Bertz CT molecular complexity index is 1370.